The van der Waals surface area contributed by atoms with Crippen LogP contribution in [-0.2, 0) is 18.3 Å². The maximum Gasteiger partial charge on any atom is 0.251 e. The fraction of sp³-hybridized carbons (Fsp3) is 0.417. The van der Waals surface area contributed by atoms with Gasteiger partial charge in [-0.1, -0.05) is 0 Å². The number of nitrogens with zero attached hydrogens (tertiary/aromatic N) is 3. The Morgan fingerprint density at radius 2 is 2.37 bits per heavy atom. The van der Waals surface area contributed by atoms with Crippen LogP contribution >= 0.6 is 0 Å². The van der Waals surface area contributed by atoms with Crippen LogP contribution in [0, 0.1) is 0 Å². The predicted molar refractivity (Wildman–Crippen MR) is 70.6 cm³/mol. The second kappa shape index (κ2) is 6.26. The van der Waals surface area contributed by atoms with E-state index in [1.54, 1.807) is 24.1 Å². The molecule has 0 fully saturated rings. The summed E-state index contributed by atoms with van der Waals surface area (Å²) in [5.41, 5.74) is 1.15. The van der Waals surface area contributed by atoms with Crippen molar-refractivity contribution >= 4 is 0 Å². The zero-order valence-corrected chi connectivity index (χ0v) is 11.0. The normalized spacial score (nSPS) is 10.8. The van der Waals surface area contributed by atoms with Crippen LogP contribution in [0.1, 0.15) is 5.69 Å². The molecule has 0 saturated carbocycles. The second-order valence-corrected chi connectivity index (χ2v) is 4.13. The smallest absolute Gasteiger partial charge is 0.251 e. The molecule has 0 unspecified atom stereocenters. The van der Waals surface area contributed by atoms with E-state index >= 15 is 0 Å². The van der Waals surface area contributed by atoms with Gasteiger partial charge in [0.25, 0.3) is 5.56 Å². The molecule has 0 aliphatic heterocycles. The van der Waals surface area contributed by atoms with Crippen molar-refractivity contribution in [3.63, 3.8) is 0 Å². The van der Waals surface area contributed by atoms with Crippen LogP contribution in [0.2, 0.25) is 0 Å². The van der Waals surface area contributed by atoms with Crippen LogP contribution < -0.4 is 10.9 Å². The molecule has 0 radical (unpaired) electrons. The Labute approximate surface area is 110 Å². The van der Waals surface area contributed by atoms with E-state index in [0.29, 0.717) is 36.9 Å². The number of ether oxygens (including phenoxy) is 1. The molecular formula is C12H17N5O2. The molecule has 0 aliphatic rings. The van der Waals surface area contributed by atoms with Gasteiger partial charge < -0.3 is 15.0 Å². The minimum atomic E-state index is -0.181. The highest BCUT2D eigenvalue weighted by Crippen LogP contribution is 2.09. The first kappa shape index (κ1) is 13.4. The largest absolute Gasteiger partial charge is 0.383 e. The van der Waals surface area contributed by atoms with Gasteiger partial charge >= 0.3 is 0 Å². The Balaban J connectivity index is 2.13. The van der Waals surface area contributed by atoms with Gasteiger partial charge in [0.05, 0.1) is 12.3 Å². The molecule has 19 heavy (non-hydrogen) atoms. The van der Waals surface area contributed by atoms with Gasteiger partial charge in [-0.05, 0) is 6.07 Å². The lowest BCUT2D eigenvalue weighted by molar-refractivity contribution is 0.199. The van der Waals surface area contributed by atoms with Crippen molar-refractivity contribution in [1.82, 2.24) is 25.1 Å². The molecule has 0 aliphatic carbocycles. The standard InChI is InChI=1S/C12H17N5O2/c1-17-5-3-10(16-17)12-14-9(7-11(18)15-12)8-13-4-6-19-2/h3,5,7,13H,4,6,8H2,1-2H3,(H,14,15,18). The topological polar surface area (TPSA) is 84.8 Å². The monoisotopic (exact) mass is 263 g/mol. The summed E-state index contributed by atoms with van der Waals surface area (Å²) in [6, 6.07) is 3.28. The summed E-state index contributed by atoms with van der Waals surface area (Å²) in [5, 5.41) is 7.36. The lowest BCUT2D eigenvalue weighted by atomic mass is 10.3. The molecule has 7 nitrogen and oxygen atoms in total. The average molecular weight is 263 g/mol. The van der Waals surface area contributed by atoms with Crippen molar-refractivity contribution in [2.24, 2.45) is 7.05 Å². The van der Waals surface area contributed by atoms with E-state index in [1.165, 1.54) is 6.07 Å². The molecule has 0 bridgehead atoms. The van der Waals surface area contributed by atoms with Gasteiger partial charge in [0, 0.05) is 39.5 Å². The van der Waals surface area contributed by atoms with E-state index in [-0.39, 0.29) is 5.56 Å². The van der Waals surface area contributed by atoms with Crippen molar-refractivity contribution in [1.29, 1.82) is 0 Å². The van der Waals surface area contributed by atoms with E-state index < -0.39 is 0 Å². The molecule has 0 saturated heterocycles. The number of methoxy groups -OCH3 is 1. The van der Waals surface area contributed by atoms with Crippen molar-refractivity contribution in [2.75, 3.05) is 20.3 Å². The Morgan fingerprint density at radius 3 is 3.05 bits per heavy atom. The summed E-state index contributed by atoms with van der Waals surface area (Å²) in [7, 11) is 3.46. The van der Waals surface area contributed by atoms with Gasteiger partial charge in [0.2, 0.25) is 0 Å². The van der Waals surface area contributed by atoms with Crippen molar-refractivity contribution < 1.29 is 4.74 Å². The molecule has 7 heteroatoms. The zero-order valence-electron chi connectivity index (χ0n) is 11.0. The zero-order chi connectivity index (χ0) is 13.7. The maximum atomic E-state index is 11.6. The van der Waals surface area contributed by atoms with Crippen molar-refractivity contribution in [3.8, 4) is 11.5 Å². The molecule has 0 spiro atoms. The van der Waals surface area contributed by atoms with Crippen LogP contribution in [-0.4, -0.2) is 40.0 Å². The Hall–Kier alpha value is -1.99. The summed E-state index contributed by atoms with van der Waals surface area (Å²) in [6.07, 6.45) is 1.80. The first-order valence-corrected chi connectivity index (χ1v) is 5.99. The predicted octanol–water partition coefficient (Wildman–Crippen LogP) is -0.0936. The summed E-state index contributed by atoms with van der Waals surface area (Å²) in [4.78, 5) is 18.7. The minimum Gasteiger partial charge on any atom is -0.383 e. The first-order chi connectivity index (χ1) is 9.19. The van der Waals surface area contributed by atoms with E-state index in [2.05, 4.69) is 20.4 Å². The highest BCUT2D eigenvalue weighted by molar-refractivity contribution is 5.47. The van der Waals surface area contributed by atoms with Crippen LogP contribution in [0.25, 0.3) is 11.5 Å². The number of aromatic amines is 1. The summed E-state index contributed by atoms with van der Waals surface area (Å²) in [5.74, 6) is 0.483. The molecule has 0 amide bonds. The number of H-pyrrole nitrogens is 1. The fourth-order valence-corrected chi connectivity index (χ4v) is 1.65. The quantitative estimate of drug-likeness (QED) is 0.711. The summed E-state index contributed by atoms with van der Waals surface area (Å²) >= 11 is 0. The molecule has 0 atom stereocenters. The van der Waals surface area contributed by atoms with E-state index in [9.17, 15) is 4.79 Å². The van der Waals surface area contributed by atoms with E-state index in [1.807, 2.05) is 7.05 Å². The van der Waals surface area contributed by atoms with Crippen LogP contribution in [0.15, 0.2) is 23.1 Å². The lowest BCUT2D eigenvalue weighted by Crippen LogP contribution is -2.21. The summed E-state index contributed by atoms with van der Waals surface area (Å²) < 4.78 is 6.60. The molecule has 2 heterocycles. The van der Waals surface area contributed by atoms with Gasteiger partial charge in [-0.2, -0.15) is 5.10 Å². The molecule has 2 aromatic heterocycles. The third kappa shape index (κ3) is 3.73. The SMILES string of the molecule is COCCNCc1cc(=O)[nH]c(-c2ccn(C)n2)n1. The van der Waals surface area contributed by atoms with Crippen LogP contribution in [0.5, 0.6) is 0 Å². The second-order valence-electron chi connectivity index (χ2n) is 4.13. The molecule has 2 aromatic rings. The van der Waals surface area contributed by atoms with Gasteiger partial charge in [-0.3, -0.25) is 9.48 Å². The van der Waals surface area contributed by atoms with Gasteiger partial charge in [-0.25, -0.2) is 4.98 Å². The summed E-state index contributed by atoms with van der Waals surface area (Å²) in [6.45, 7) is 1.85. The number of nitrogens with one attached hydrogen (secondary N) is 2. The molecule has 2 rings (SSSR count). The number of aryl methyl sites for hydroxylation is 1. The van der Waals surface area contributed by atoms with E-state index in [4.69, 9.17) is 4.74 Å². The Kier molecular flexibility index (Phi) is 4.43. The Bertz CT molecular complexity index is 590. The number of aromatic nitrogens is 4. The number of rotatable bonds is 6. The van der Waals surface area contributed by atoms with Crippen LogP contribution in [0.3, 0.4) is 0 Å². The number of hydrogen-bond donors (Lipinski definition) is 2. The van der Waals surface area contributed by atoms with Gasteiger partial charge in [-0.15, -0.1) is 0 Å². The number of hydrogen-bond acceptors (Lipinski definition) is 5. The lowest BCUT2D eigenvalue weighted by Gasteiger charge is -2.04. The van der Waals surface area contributed by atoms with Crippen molar-refractivity contribution in [3.05, 3.63) is 34.4 Å². The van der Waals surface area contributed by atoms with Gasteiger partial charge in [0.15, 0.2) is 5.82 Å². The molecular weight excluding hydrogens is 246 g/mol. The fourth-order valence-electron chi connectivity index (χ4n) is 1.65. The Morgan fingerprint density at radius 1 is 1.53 bits per heavy atom. The average Bonchev–Trinajstić information content (AvgIpc) is 2.81. The van der Waals surface area contributed by atoms with Gasteiger partial charge in [0.1, 0.15) is 5.69 Å². The first-order valence-electron chi connectivity index (χ1n) is 5.99. The van der Waals surface area contributed by atoms with Crippen molar-refractivity contribution in [2.45, 2.75) is 6.54 Å². The van der Waals surface area contributed by atoms with E-state index in [0.717, 1.165) is 0 Å². The maximum absolute atomic E-state index is 11.6. The third-order valence-electron chi connectivity index (χ3n) is 2.54. The van der Waals surface area contributed by atoms with Crippen LogP contribution in [0.4, 0.5) is 0 Å². The molecule has 2 N–H and O–H groups in total. The highest BCUT2D eigenvalue weighted by atomic mass is 16.5. The third-order valence-corrected chi connectivity index (χ3v) is 2.54. The minimum absolute atomic E-state index is 0.181. The molecule has 0 aromatic carbocycles. The highest BCUT2D eigenvalue weighted by Gasteiger charge is 2.06. The molecule has 102 valence electrons.